The first-order chi connectivity index (χ1) is 9.35. The Bertz CT molecular complexity index is 577. The van der Waals surface area contributed by atoms with E-state index in [4.69, 9.17) is 5.73 Å². The van der Waals surface area contributed by atoms with Gasteiger partial charge in [0.15, 0.2) is 0 Å². The van der Waals surface area contributed by atoms with Crippen molar-refractivity contribution in [3.8, 4) is 0 Å². The Balaban J connectivity index is 1.92. The third-order valence-corrected chi connectivity index (χ3v) is 3.82. The largest absolute Gasteiger partial charge is 0.397 e. The van der Waals surface area contributed by atoms with Crippen molar-refractivity contribution in [3.63, 3.8) is 0 Å². The predicted molar refractivity (Wildman–Crippen MR) is 76.6 cm³/mol. The Labute approximate surface area is 118 Å². The smallest absolute Gasteiger partial charge is 0.236 e. The van der Waals surface area contributed by atoms with Gasteiger partial charge < -0.3 is 10.6 Å². The van der Waals surface area contributed by atoms with E-state index in [0.717, 1.165) is 12.1 Å². The van der Waals surface area contributed by atoms with E-state index in [1.54, 1.807) is 12.3 Å². The molecule has 3 N–H and O–H groups in total. The number of aromatic nitrogens is 1. The van der Waals surface area contributed by atoms with Crippen LogP contribution in [0.4, 0.5) is 11.5 Å². The SMILES string of the molecule is CS(=O)(=O)NC(=O)C1CCN(c2ccc(N)cn2)CC1. The lowest BCUT2D eigenvalue weighted by molar-refractivity contribution is -0.123. The molecule has 1 saturated heterocycles. The summed E-state index contributed by atoms with van der Waals surface area (Å²) in [6.45, 7) is 1.33. The van der Waals surface area contributed by atoms with Crippen LogP contribution in [0.2, 0.25) is 0 Å². The highest BCUT2D eigenvalue weighted by Gasteiger charge is 2.26. The zero-order valence-corrected chi connectivity index (χ0v) is 12.1. The summed E-state index contributed by atoms with van der Waals surface area (Å²) in [6.07, 6.45) is 3.79. The van der Waals surface area contributed by atoms with Crippen molar-refractivity contribution in [1.82, 2.24) is 9.71 Å². The summed E-state index contributed by atoms with van der Waals surface area (Å²) in [4.78, 5) is 18.1. The number of nitrogens with zero attached hydrogens (tertiary/aromatic N) is 2. The summed E-state index contributed by atoms with van der Waals surface area (Å²) in [6, 6.07) is 3.62. The fraction of sp³-hybridized carbons (Fsp3) is 0.500. The lowest BCUT2D eigenvalue weighted by Crippen LogP contribution is -2.42. The van der Waals surface area contributed by atoms with Crippen LogP contribution >= 0.6 is 0 Å². The molecule has 8 heteroatoms. The molecule has 1 aliphatic heterocycles. The summed E-state index contributed by atoms with van der Waals surface area (Å²) < 4.78 is 24.1. The molecule has 0 radical (unpaired) electrons. The lowest BCUT2D eigenvalue weighted by atomic mass is 9.96. The van der Waals surface area contributed by atoms with Crippen molar-refractivity contribution in [1.29, 1.82) is 0 Å². The Morgan fingerprint density at radius 1 is 1.40 bits per heavy atom. The van der Waals surface area contributed by atoms with Gasteiger partial charge >= 0.3 is 0 Å². The maximum absolute atomic E-state index is 11.8. The average molecular weight is 298 g/mol. The maximum Gasteiger partial charge on any atom is 0.236 e. The molecule has 2 rings (SSSR count). The highest BCUT2D eigenvalue weighted by molar-refractivity contribution is 7.89. The number of nitrogens with two attached hydrogens (primary N) is 1. The van der Waals surface area contributed by atoms with Crippen molar-refractivity contribution < 1.29 is 13.2 Å². The van der Waals surface area contributed by atoms with Crippen LogP contribution in [0, 0.1) is 5.92 Å². The molecule has 0 atom stereocenters. The van der Waals surface area contributed by atoms with Crippen LogP contribution in [0.25, 0.3) is 0 Å². The van der Waals surface area contributed by atoms with Crippen molar-refractivity contribution in [3.05, 3.63) is 18.3 Å². The van der Waals surface area contributed by atoms with Gasteiger partial charge in [0, 0.05) is 19.0 Å². The van der Waals surface area contributed by atoms with Crippen LogP contribution in [-0.2, 0) is 14.8 Å². The molecular weight excluding hydrogens is 280 g/mol. The van der Waals surface area contributed by atoms with Crippen molar-refractivity contribution in [2.75, 3.05) is 30.0 Å². The van der Waals surface area contributed by atoms with Gasteiger partial charge in [0.2, 0.25) is 15.9 Å². The van der Waals surface area contributed by atoms with E-state index < -0.39 is 15.9 Å². The average Bonchev–Trinajstić information content (AvgIpc) is 2.38. The molecule has 0 saturated carbocycles. The molecule has 1 fully saturated rings. The first kappa shape index (κ1) is 14.6. The number of nitrogens with one attached hydrogen (secondary N) is 1. The zero-order chi connectivity index (χ0) is 14.8. The number of amides is 1. The third-order valence-electron chi connectivity index (χ3n) is 3.25. The molecule has 20 heavy (non-hydrogen) atoms. The molecule has 1 aliphatic rings. The van der Waals surface area contributed by atoms with Gasteiger partial charge in [-0.25, -0.2) is 13.4 Å². The normalized spacial score (nSPS) is 16.9. The Hall–Kier alpha value is -1.83. The van der Waals surface area contributed by atoms with Crippen molar-refractivity contribution >= 4 is 27.4 Å². The molecule has 0 spiro atoms. The number of hydrogen-bond donors (Lipinski definition) is 2. The van der Waals surface area contributed by atoms with Crippen LogP contribution in [0.15, 0.2) is 18.3 Å². The zero-order valence-electron chi connectivity index (χ0n) is 11.2. The van der Waals surface area contributed by atoms with Crippen LogP contribution in [-0.4, -0.2) is 38.7 Å². The van der Waals surface area contributed by atoms with Gasteiger partial charge in [0.1, 0.15) is 5.82 Å². The topological polar surface area (TPSA) is 105 Å². The second-order valence-corrected chi connectivity index (χ2v) is 6.70. The third kappa shape index (κ3) is 3.83. The second kappa shape index (κ2) is 5.66. The van der Waals surface area contributed by atoms with Crippen LogP contribution in [0.1, 0.15) is 12.8 Å². The van der Waals surface area contributed by atoms with Gasteiger partial charge in [-0.2, -0.15) is 0 Å². The predicted octanol–water partition coefficient (Wildman–Crippen LogP) is -0.0440. The summed E-state index contributed by atoms with van der Waals surface area (Å²) in [5, 5.41) is 0. The number of hydrogen-bond acceptors (Lipinski definition) is 6. The summed E-state index contributed by atoms with van der Waals surface area (Å²) in [5.41, 5.74) is 6.19. The molecule has 1 aromatic rings. The van der Waals surface area contributed by atoms with E-state index in [2.05, 4.69) is 9.88 Å². The molecule has 2 heterocycles. The minimum absolute atomic E-state index is 0.269. The number of carbonyl (C=O) groups excluding carboxylic acids is 1. The first-order valence-electron chi connectivity index (χ1n) is 6.33. The van der Waals surface area contributed by atoms with Crippen LogP contribution in [0.5, 0.6) is 0 Å². The van der Waals surface area contributed by atoms with E-state index in [9.17, 15) is 13.2 Å². The Morgan fingerprint density at radius 3 is 2.55 bits per heavy atom. The maximum atomic E-state index is 11.8. The van der Waals surface area contributed by atoms with E-state index in [0.29, 0.717) is 31.6 Å². The number of rotatable bonds is 3. The standard InChI is InChI=1S/C12H18N4O3S/c1-20(18,19)15-12(17)9-4-6-16(7-5-9)11-3-2-10(13)8-14-11/h2-3,8-9H,4-7,13H2,1H3,(H,15,17). The Morgan fingerprint density at radius 2 is 2.05 bits per heavy atom. The van der Waals surface area contributed by atoms with E-state index >= 15 is 0 Å². The fourth-order valence-corrected chi connectivity index (χ4v) is 2.75. The molecule has 0 aliphatic carbocycles. The van der Waals surface area contributed by atoms with Crippen LogP contribution < -0.4 is 15.4 Å². The monoisotopic (exact) mass is 298 g/mol. The van der Waals surface area contributed by atoms with Crippen molar-refractivity contribution in [2.45, 2.75) is 12.8 Å². The molecule has 1 aromatic heterocycles. The molecule has 110 valence electrons. The first-order valence-corrected chi connectivity index (χ1v) is 8.22. The van der Waals surface area contributed by atoms with Gasteiger partial charge in [0.05, 0.1) is 18.1 Å². The lowest BCUT2D eigenvalue weighted by Gasteiger charge is -2.31. The fourth-order valence-electron chi connectivity index (χ4n) is 2.22. The molecule has 0 aromatic carbocycles. The molecule has 0 bridgehead atoms. The number of nitrogen functional groups attached to an aromatic ring is 1. The van der Waals surface area contributed by atoms with E-state index in [1.165, 1.54) is 0 Å². The van der Waals surface area contributed by atoms with Gasteiger partial charge in [-0.3, -0.25) is 9.52 Å². The number of piperidine rings is 1. The summed E-state index contributed by atoms with van der Waals surface area (Å²) >= 11 is 0. The highest BCUT2D eigenvalue weighted by atomic mass is 32.2. The molecule has 1 amide bonds. The van der Waals surface area contributed by atoms with Crippen molar-refractivity contribution in [2.24, 2.45) is 5.92 Å². The summed E-state index contributed by atoms with van der Waals surface area (Å²) in [7, 11) is -3.48. The quantitative estimate of drug-likeness (QED) is 0.811. The number of sulfonamides is 1. The summed E-state index contributed by atoms with van der Waals surface area (Å²) in [5.74, 6) is 0.133. The second-order valence-electron chi connectivity index (χ2n) is 4.95. The van der Waals surface area contributed by atoms with Gasteiger partial charge in [-0.1, -0.05) is 0 Å². The van der Waals surface area contributed by atoms with E-state index in [1.807, 2.05) is 10.8 Å². The number of anilines is 2. The highest BCUT2D eigenvalue weighted by Crippen LogP contribution is 2.22. The van der Waals surface area contributed by atoms with E-state index in [-0.39, 0.29) is 5.92 Å². The molecular formula is C12H18N4O3S. The minimum atomic E-state index is -3.48. The number of carbonyl (C=O) groups is 1. The molecule has 0 unspecified atom stereocenters. The van der Waals surface area contributed by atoms with Crippen LogP contribution in [0.3, 0.4) is 0 Å². The van der Waals surface area contributed by atoms with Gasteiger partial charge in [-0.05, 0) is 25.0 Å². The molecule has 7 nitrogen and oxygen atoms in total. The van der Waals surface area contributed by atoms with Gasteiger partial charge in [-0.15, -0.1) is 0 Å². The van der Waals surface area contributed by atoms with Gasteiger partial charge in [0.25, 0.3) is 0 Å². The number of pyridine rings is 1. The minimum Gasteiger partial charge on any atom is -0.397 e. The Kier molecular flexibility index (Phi) is 4.12.